The summed E-state index contributed by atoms with van der Waals surface area (Å²) in [5.41, 5.74) is 1.22. The molecule has 0 saturated carbocycles. The Kier molecular flexibility index (Phi) is 4.94. The van der Waals surface area contributed by atoms with Crippen molar-refractivity contribution in [2.24, 2.45) is 0 Å². The van der Waals surface area contributed by atoms with Gasteiger partial charge in [-0.05, 0) is 36.2 Å². The molecule has 2 heterocycles. The van der Waals surface area contributed by atoms with E-state index >= 15 is 0 Å². The molecule has 1 atom stereocenters. The summed E-state index contributed by atoms with van der Waals surface area (Å²) in [6.45, 7) is 0.638. The number of rotatable bonds is 7. The highest BCUT2D eigenvalue weighted by Crippen LogP contribution is 2.22. The molecule has 3 aromatic rings. The van der Waals surface area contributed by atoms with Crippen molar-refractivity contribution in [1.29, 1.82) is 0 Å². The zero-order valence-corrected chi connectivity index (χ0v) is 12.9. The van der Waals surface area contributed by atoms with Crippen molar-refractivity contribution >= 4 is 5.91 Å². The Morgan fingerprint density at radius 2 is 1.83 bits per heavy atom. The van der Waals surface area contributed by atoms with Gasteiger partial charge in [-0.2, -0.15) is 0 Å². The van der Waals surface area contributed by atoms with E-state index in [0.717, 1.165) is 12.2 Å². The zero-order valence-electron chi connectivity index (χ0n) is 12.9. The van der Waals surface area contributed by atoms with Gasteiger partial charge in [-0.25, -0.2) is 0 Å². The van der Waals surface area contributed by atoms with E-state index in [1.165, 1.54) is 5.56 Å². The molecule has 0 unspecified atom stereocenters. The molecule has 4 heteroatoms. The third kappa shape index (κ3) is 4.13. The van der Waals surface area contributed by atoms with Crippen LogP contribution >= 0.6 is 0 Å². The third-order valence-electron chi connectivity index (χ3n) is 3.82. The molecule has 118 valence electrons. The molecule has 0 aliphatic carbocycles. The number of amides is 1. The minimum Gasteiger partial charge on any atom is -0.467 e. The van der Waals surface area contributed by atoms with Crippen molar-refractivity contribution in [2.45, 2.75) is 18.9 Å². The van der Waals surface area contributed by atoms with Crippen LogP contribution in [-0.4, -0.2) is 17.0 Å². The summed E-state index contributed by atoms with van der Waals surface area (Å²) in [6, 6.07) is 17.7. The quantitative estimate of drug-likeness (QED) is 0.727. The number of nitrogens with one attached hydrogen (secondary N) is 1. The number of carbonyl (C=O) groups excluding carboxylic acids is 1. The Labute approximate surface area is 135 Å². The molecule has 1 amide bonds. The van der Waals surface area contributed by atoms with E-state index in [0.29, 0.717) is 13.0 Å². The molecule has 0 saturated heterocycles. The average molecular weight is 308 g/mol. The molecule has 1 aromatic carbocycles. The predicted octanol–water partition coefficient (Wildman–Crippen LogP) is 3.42. The lowest BCUT2D eigenvalue weighted by atomic mass is 10.1. The second-order valence-corrected chi connectivity index (χ2v) is 5.45. The van der Waals surface area contributed by atoms with Crippen LogP contribution in [0.2, 0.25) is 0 Å². The van der Waals surface area contributed by atoms with Crippen LogP contribution in [0.1, 0.15) is 23.8 Å². The number of nitrogens with zero attached hydrogens (tertiary/aromatic N) is 1. The molecule has 4 nitrogen and oxygen atoms in total. The molecule has 2 aromatic heterocycles. The largest absolute Gasteiger partial charge is 0.467 e. The Hall–Kier alpha value is -2.75. The van der Waals surface area contributed by atoms with E-state index < -0.39 is 0 Å². The predicted molar refractivity (Wildman–Crippen MR) is 89.1 cm³/mol. The fourth-order valence-corrected chi connectivity index (χ4v) is 2.63. The third-order valence-corrected chi connectivity index (χ3v) is 3.82. The van der Waals surface area contributed by atoms with Crippen LogP contribution < -0.4 is 5.32 Å². The first-order valence-electron chi connectivity index (χ1n) is 7.79. The highest BCUT2D eigenvalue weighted by molar-refractivity contribution is 5.76. The van der Waals surface area contributed by atoms with E-state index in [4.69, 9.17) is 4.42 Å². The number of benzene rings is 1. The molecular formula is C19H20N2O2. The molecular weight excluding hydrogens is 288 g/mol. The molecule has 0 bridgehead atoms. The van der Waals surface area contributed by atoms with Gasteiger partial charge in [0, 0.05) is 18.9 Å². The van der Waals surface area contributed by atoms with Crippen molar-refractivity contribution in [2.75, 3.05) is 6.54 Å². The van der Waals surface area contributed by atoms with Gasteiger partial charge in [-0.1, -0.05) is 30.3 Å². The summed E-state index contributed by atoms with van der Waals surface area (Å²) in [4.78, 5) is 12.3. The fraction of sp³-hybridized carbons (Fsp3) is 0.211. The smallest absolute Gasteiger partial charge is 0.222 e. The summed E-state index contributed by atoms with van der Waals surface area (Å²) in [7, 11) is 0. The van der Waals surface area contributed by atoms with Gasteiger partial charge in [0.15, 0.2) is 0 Å². The van der Waals surface area contributed by atoms with E-state index in [9.17, 15) is 4.79 Å². The van der Waals surface area contributed by atoms with Crippen molar-refractivity contribution < 1.29 is 9.21 Å². The Morgan fingerprint density at radius 1 is 1.04 bits per heavy atom. The first-order valence-corrected chi connectivity index (χ1v) is 7.79. The van der Waals surface area contributed by atoms with Crippen molar-refractivity contribution in [3.8, 4) is 0 Å². The van der Waals surface area contributed by atoms with Crippen LogP contribution in [-0.2, 0) is 11.2 Å². The van der Waals surface area contributed by atoms with Crippen molar-refractivity contribution in [1.82, 2.24) is 9.88 Å². The average Bonchev–Trinajstić information content (AvgIpc) is 3.27. The molecule has 0 aliphatic heterocycles. The SMILES string of the molecule is O=C(C[C@@H](c1ccco1)n1cccc1)NCCc1ccccc1. The van der Waals surface area contributed by atoms with E-state index in [1.54, 1.807) is 6.26 Å². The number of hydrogen-bond acceptors (Lipinski definition) is 2. The molecule has 1 N–H and O–H groups in total. The zero-order chi connectivity index (χ0) is 15.9. The minimum absolute atomic E-state index is 0.0241. The Balaban J connectivity index is 1.56. The summed E-state index contributed by atoms with van der Waals surface area (Å²) in [5, 5.41) is 2.99. The number of carbonyl (C=O) groups is 1. The summed E-state index contributed by atoms with van der Waals surface area (Å²) < 4.78 is 7.49. The van der Waals surface area contributed by atoms with Crippen LogP contribution in [0.3, 0.4) is 0 Å². The van der Waals surface area contributed by atoms with Crippen molar-refractivity contribution in [3.05, 3.63) is 84.6 Å². The lowest BCUT2D eigenvalue weighted by molar-refractivity contribution is -0.121. The van der Waals surface area contributed by atoms with Crippen LogP contribution in [0.5, 0.6) is 0 Å². The Bertz CT molecular complexity index is 669. The van der Waals surface area contributed by atoms with E-state index in [-0.39, 0.29) is 11.9 Å². The number of aromatic nitrogens is 1. The molecule has 0 spiro atoms. The minimum atomic E-state index is -0.114. The van der Waals surface area contributed by atoms with Crippen LogP contribution in [0.25, 0.3) is 0 Å². The highest BCUT2D eigenvalue weighted by Gasteiger charge is 2.19. The van der Waals surface area contributed by atoms with E-state index in [2.05, 4.69) is 17.4 Å². The number of hydrogen-bond donors (Lipinski definition) is 1. The first-order chi connectivity index (χ1) is 11.3. The monoisotopic (exact) mass is 308 g/mol. The van der Waals surface area contributed by atoms with Gasteiger partial charge >= 0.3 is 0 Å². The van der Waals surface area contributed by atoms with Gasteiger partial charge in [-0.15, -0.1) is 0 Å². The highest BCUT2D eigenvalue weighted by atomic mass is 16.3. The number of furan rings is 1. The summed E-state index contributed by atoms with van der Waals surface area (Å²) in [5.74, 6) is 0.815. The molecule has 0 fully saturated rings. The first kappa shape index (κ1) is 15.2. The van der Waals surface area contributed by atoms with Gasteiger partial charge in [0.25, 0.3) is 0 Å². The summed E-state index contributed by atoms with van der Waals surface area (Å²) >= 11 is 0. The van der Waals surface area contributed by atoms with Gasteiger partial charge in [0.05, 0.1) is 18.7 Å². The van der Waals surface area contributed by atoms with Crippen molar-refractivity contribution in [3.63, 3.8) is 0 Å². The summed E-state index contributed by atoms with van der Waals surface area (Å²) in [6.07, 6.45) is 6.73. The molecule has 3 rings (SSSR count). The molecule has 0 radical (unpaired) electrons. The maximum absolute atomic E-state index is 12.3. The standard InChI is InChI=1S/C19H20N2O2/c22-19(20-11-10-16-7-2-1-3-8-16)15-17(18-9-6-14-23-18)21-12-4-5-13-21/h1-9,12-14,17H,10-11,15H2,(H,20,22)/t17-/m0/s1. The lowest BCUT2D eigenvalue weighted by Gasteiger charge is -2.16. The van der Waals surface area contributed by atoms with Gasteiger partial charge < -0.3 is 14.3 Å². The normalized spacial score (nSPS) is 12.0. The second-order valence-electron chi connectivity index (χ2n) is 5.45. The van der Waals surface area contributed by atoms with Gasteiger partial charge in [0.1, 0.15) is 5.76 Å². The maximum Gasteiger partial charge on any atom is 0.222 e. The van der Waals surface area contributed by atoms with Crippen LogP contribution in [0.4, 0.5) is 0 Å². The Morgan fingerprint density at radius 3 is 2.52 bits per heavy atom. The second kappa shape index (κ2) is 7.49. The van der Waals surface area contributed by atoms with Crippen LogP contribution in [0, 0.1) is 0 Å². The van der Waals surface area contributed by atoms with Gasteiger partial charge in [-0.3, -0.25) is 4.79 Å². The topological polar surface area (TPSA) is 47.2 Å². The van der Waals surface area contributed by atoms with Crippen LogP contribution in [0.15, 0.2) is 77.7 Å². The molecule has 0 aliphatic rings. The fourth-order valence-electron chi connectivity index (χ4n) is 2.63. The lowest BCUT2D eigenvalue weighted by Crippen LogP contribution is -2.28. The van der Waals surface area contributed by atoms with E-state index in [1.807, 2.05) is 59.4 Å². The molecule has 23 heavy (non-hydrogen) atoms. The van der Waals surface area contributed by atoms with Gasteiger partial charge in [0.2, 0.25) is 5.91 Å². The maximum atomic E-state index is 12.3.